The molecule has 0 saturated heterocycles. The van der Waals surface area contributed by atoms with Gasteiger partial charge in [0.15, 0.2) is 5.65 Å². The highest BCUT2D eigenvalue weighted by Gasteiger charge is 2.26. The molecule has 0 spiro atoms. The summed E-state index contributed by atoms with van der Waals surface area (Å²) in [4.78, 5) is 42.8. The molecule has 0 saturated carbocycles. The van der Waals surface area contributed by atoms with Crippen molar-refractivity contribution >= 4 is 96.9 Å². The molecular weight excluding hydrogens is 717 g/mol. The van der Waals surface area contributed by atoms with Crippen LogP contribution >= 0.6 is 34.0 Å². The lowest BCUT2D eigenvalue weighted by molar-refractivity contribution is 0.565. The van der Waals surface area contributed by atoms with E-state index in [1.54, 1.807) is 27.1 Å². The van der Waals surface area contributed by atoms with E-state index >= 15 is 0 Å². The zero-order valence-corrected chi connectivity index (χ0v) is 33.7. The molecule has 0 aliphatic rings. The van der Waals surface area contributed by atoms with E-state index < -0.39 is 0 Å². The molecule has 0 fully saturated rings. The Labute approximate surface area is 322 Å². The second-order valence-corrected chi connectivity index (χ2v) is 18.1. The molecule has 7 heterocycles. The highest BCUT2D eigenvalue weighted by Crippen LogP contribution is 2.43. The van der Waals surface area contributed by atoms with Crippen LogP contribution in [0.5, 0.6) is 0 Å². The maximum atomic E-state index is 14.3. The summed E-state index contributed by atoms with van der Waals surface area (Å²) in [6.07, 6.45) is 19.9. The Morgan fingerprint density at radius 1 is 0.547 bits per heavy atom. The molecule has 8 rings (SSSR count). The minimum atomic E-state index is -0.0655. The first-order chi connectivity index (χ1) is 26.1. The molecule has 0 bridgehead atoms. The summed E-state index contributed by atoms with van der Waals surface area (Å²) < 4.78 is 5.18. The minimum Gasteiger partial charge on any atom is -0.317 e. The summed E-state index contributed by atoms with van der Waals surface area (Å²) in [5.41, 5.74) is 2.99. The van der Waals surface area contributed by atoms with Gasteiger partial charge in [0, 0.05) is 31.3 Å². The summed E-state index contributed by atoms with van der Waals surface area (Å²) in [5.74, 6) is 0. The predicted octanol–water partition coefficient (Wildman–Crippen LogP) is 10.3. The van der Waals surface area contributed by atoms with Gasteiger partial charge in [0.05, 0.1) is 15.7 Å². The van der Waals surface area contributed by atoms with E-state index in [4.69, 9.17) is 9.97 Å². The fraction of sp³-hybridized carbons (Fsp3) is 0.524. The number of hydrogen-bond acceptors (Lipinski definition) is 9. The molecule has 8 aromatic rings. The monoisotopic (exact) mass is 768 g/mol. The van der Waals surface area contributed by atoms with E-state index in [2.05, 4.69) is 36.6 Å². The van der Waals surface area contributed by atoms with Crippen molar-refractivity contribution in [1.29, 1.82) is 0 Å². The van der Waals surface area contributed by atoms with Crippen LogP contribution in [0.15, 0.2) is 33.9 Å². The van der Waals surface area contributed by atoms with E-state index in [9.17, 15) is 9.59 Å². The van der Waals surface area contributed by atoms with Gasteiger partial charge >= 0.3 is 0 Å². The highest BCUT2D eigenvalue weighted by molar-refractivity contribution is 7.27. The van der Waals surface area contributed by atoms with Gasteiger partial charge in [-0.3, -0.25) is 18.4 Å². The Morgan fingerprint density at radius 3 is 1.64 bits per heavy atom. The maximum absolute atomic E-state index is 14.3. The molecule has 0 aliphatic heterocycles. The summed E-state index contributed by atoms with van der Waals surface area (Å²) in [7, 11) is 0. The van der Waals surface area contributed by atoms with Crippen molar-refractivity contribution in [1.82, 2.24) is 29.4 Å². The minimum absolute atomic E-state index is 0.0555. The van der Waals surface area contributed by atoms with Gasteiger partial charge in [-0.2, -0.15) is 0 Å². The highest BCUT2D eigenvalue weighted by atomic mass is 32.1. The molecule has 0 atom stereocenters. The lowest BCUT2D eigenvalue weighted by atomic mass is 10.0. The zero-order valence-electron chi connectivity index (χ0n) is 31.3. The Bertz CT molecular complexity index is 2580. The molecule has 1 aromatic carbocycles. The third kappa shape index (κ3) is 7.20. The van der Waals surface area contributed by atoms with Gasteiger partial charge in [-0.1, -0.05) is 78.1 Å². The average Bonchev–Trinajstić information content (AvgIpc) is 3.97. The molecule has 11 heteroatoms. The van der Waals surface area contributed by atoms with Crippen molar-refractivity contribution in [2.75, 3.05) is 26.2 Å². The first-order valence-corrected chi connectivity index (χ1v) is 22.7. The molecule has 2 N–H and O–H groups in total. The number of imidazole rings is 2. The number of aryl methyl sites for hydroxylation is 2. The topological polar surface area (TPSA) is 92.8 Å². The van der Waals surface area contributed by atoms with Crippen LogP contribution < -0.4 is 21.8 Å². The zero-order chi connectivity index (χ0) is 36.3. The number of pyridine rings is 2. The third-order valence-corrected chi connectivity index (χ3v) is 14.2. The van der Waals surface area contributed by atoms with E-state index in [0.29, 0.717) is 21.4 Å². The summed E-state index contributed by atoms with van der Waals surface area (Å²) >= 11 is 4.86. The first-order valence-electron chi connectivity index (χ1n) is 20.2. The van der Waals surface area contributed by atoms with E-state index in [1.807, 2.05) is 16.5 Å². The molecule has 0 aliphatic carbocycles. The third-order valence-electron chi connectivity index (χ3n) is 10.9. The van der Waals surface area contributed by atoms with Crippen molar-refractivity contribution in [2.24, 2.45) is 0 Å². The van der Waals surface area contributed by atoms with Gasteiger partial charge in [-0.25, -0.2) is 9.97 Å². The van der Waals surface area contributed by atoms with Gasteiger partial charge in [-0.05, 0) is 89.0 Å². The SMILES string of the molecule is CCCCCCCCNCCCc1cc2c(nc3c4ccc5c(=O)n6c7cc(CCCNCCCCCCCC)sc7nc6c6sc(c(=O)n23)c4c56)s1. The molecule has 0 unspecified atom stereocenters. The van der Waals surface area contributed by atoms with Gasteiger partial charge < -0.3 is 10.6 Å². The van der Waals surface area contributed by atoms with E-state index in [1.165, 1.54) is 98.1 Å². The Kier molecular flexibility index (Phi) is 11.5. The second-order valence-electron chi connectivity index (χ2n) is 14.9. The van der Waals surface area contributed by atoms with Crippen LogP contribution in [0.2, 0.25) is 0 Å². The van der Waals surface area contributed by atoms with Crippen LogP contribution in [-0.2, 0) is 12.8 Å². The standard InChI is InChI=1S/C42H52N6O2S3/c1-3-5-7-9-11-13-21-43-23-15-17-27-25-31-39(51-27)45-37-29-19-20-30-34-33(29)36(42(50)47(31)37)53-35(34)38-46-40-32(48(38)41(30)49)26-28(52-40)18-16-24-44-22-14-12-10-8-6-4-2/h19-20,25-26,43-44H,3-18,21-24H2,1-2H3. The molecule has 0 amide bonds. The number of benzene rings is 1. The molecule has 280 valence electrons. The second kappa shape index (κ2) is 16.7. The predicted molar refractivity (Wildman–Crippen MR) is 229 cm³/mol. The quantitative estimate of drug-likeness (QED) is 0.0527. The summed E-state index contributed by atoms with van der Waals surface area (Å²) in [6, 6.07) is 8.25. The van der Waals surface area contributed by atoms with Crippen LogP contribution in [0.25, 0.3) is 62.9 Å². The Hall–Kier alpha value is -3.22. The number of rotatable bonds is 22. The van der Waals surface area contributed by atoms with Crippen LogP contribution in [0, 0.1) is 0 Å². The van der Waals surface area contributed by atoms with Crippen LogP contribution in [-0.4, -0.2) is 44.9 Å². The molecular formula is C42H52N6O2S3. The van der Waals surface area contributed by atoms with E-state index in [0.717, 1.165) is 93.4 Å². The van der Waals surface area contributed by atoms with Crippen molar-refractivity contribution in [3.05, 3.63) is 54.7 Å². The molecule has 0 radical (unpaired) electrons. The van der Waals surface area contributed by atoms with Crippen molar-refractivity contribution < 1.29 is 0 Å². The van der Waals surface area contributed by atoms with Crippen molar-refractivity contribution in [3.63, 3.8) is 0 Å². The van der Waals surface area contributed by atoms with Gasteiger partial charge in [0.1, 0.15) is 20.0 Å². The van der Waals surface area contributed by atoms with Crippen molar-refractivity contribution in [2.45, 2.75) is 117 Å². The Morgan fingerprint density at radius 2 is 1.04 bits per heavy atom. The number of aromatic nitrogens is 4. The fourth-order valence-corrected chi connectivity index (χ4v) is 11.4. The van der Waals surface area contributed by atoms with Crippen LogP contribution in [0.3, 0.4) is 0 Å². The lowest BCUT2D eigenvalue weighted by Gasteiger charge is -2.05. The normalized spacial score (nSPS) is 12.6. The largest absolute Gasteiger partial charge is 0.317 e. The van der Waals surface area contributed by atoms with Crippen LogP contribution in [0.4, 0.5) is 0 Å². The first kappa shape index (κ1) is 36.7. The number of thiophene rings is 3. The summed E-state index contributed by atoms with van der Waals surface area (Å²) in [6.45, 7) is 8.70. The average molecular weight is 769 g/mol. The van der Waals surface area contributed by atoms with E-state index in [-0.39, 0.29) is 11.1 Å². The maximum Gasteiger partial charge on any atom is 0.274 e. The number of nitrogens with zero attached hydrogens (tertiary/aromatic N) is 4. The van der Waals surface area contributed by atoms with Gasteiger partial charge in [0.2, 0.25) is 0 Å². The molecule has 53 heavy (non-hydrogen) atoms. The number of unbranched alkanes of at least 4 members (excludes halogenated alkanes) is 10. The lowest BCUT2D eigenvalue weighted by Crippen LogP contribution is -2.17. The van der Waals surface area contributed by atoms with Crippen molar-refractivity contribution in [3.8, 4) is 0 Å². The Balaban J connectivity index is 0.997. The van der Waals surface area contributed by atoms with Gasteiger partial charge in [0.25, 0.3) is 11.1 Å². The number of hydrogen-bond donors (Lipinski definition) is 2. The number of fused-ring (bicyclic) bond motifs is 8. The fourth-order valence-electron chi connectivity index (χ4n) is 8.09. The van der Waals surface area contributed by atoms with Crippen LogP contribution in [0.1, 0.15) is 113 Å². The molecule has 7 aromatic heterocycles. The smallest absolute Gasteiger partial charge is 0.274 e. The van der Waals surface area contributed by atoms with Gasteiger partial charge in [-0.15, -0.1) is 34.0 Å². The summed E-state index contributed by atoms with van der Waals surface area (Å²) in [5, 5.41) is 10.5. The number of nitrogens with one attached hydrogen (secondary N) is 2. The molecule has 8 nitrogen and oxygen atoms in total.